The molecule has 0 amide bonds. The van der Waals surface area contributed by atoms with E-state index in [0.717, 1.165) is 45.3 Å². The van der Waals surface area contributed by atoms with Crippen LogP contribution < -0.4 is 26.0 Å². The second-order valence-corrected chi connectivity index (χ2v) is 21.3. The molecule has 3 nitrogen and oxygen atoms in total. The van der Waals surface area contributed by atoms with E-state index >= 15 is 0 Å². The molecule has 0 radical (unpaired) electrons. The molecular formula is C66H39BN2OS2. The molecule has 0 atom stereocenters. The van der Waals surface area contributed by atoms with Crippen LogP contribution in [0.25, 0.3) is 101 Å². The molecule has 0 saturated carbocycles. The fourth-order valence-corrected chi connectivity index (χ4v) is 14.4. The second-order valence-electron chi connectivity index (χ2n) is 19.1. The molecule has 0 unspecified atom stereocenters. The van der Waals surface area contributed by atoms with Crippen molar-refractivity contribution < 1.29 is 4.74 Å². The number of nitrogens with zero attached hydrogens (tertiary/aromatic N) is 2. The van der Waals surface area contributed by atoms with Crippen molar-refractivity contribution in [1.29, 1.82) is 0 Å². The lowest BCUT2D eigenvalue weighted by molar-refractivity contribution is 0.487. The fraction of sp³-hybridized carbons (Fsp3) is 0. The maximum absolute atomic E-state index is 7.37. The number of ether oxygens (including phenoxy) is 1. The van der Waals surface area contributed by atoms with Crippen molar-refractivity contribution in [1.82, 2.24) is 4.57 Å². The zero-order valence-corrected chi connectivity index (χ0v) is 40.3. The molecule has 11 aromatic carbocycles. The third-order valence-electron chi connectivity index (χ3n) is 15.3. The Kier molecular flexibility index (Phi) is 8.58. The Balaban J connectivity index is 0.983. The predicted molar refractivity (Wildman–Crippen MR) is 309 cm³/mol. The minimum absolute atomic E-state index is 0.141. The van der Waals surface area contributed by atoms with Crippen LogP contribution in [-0.4, -0.2) is 11.3 Å². The Labute approximate surface area is 423 Å². The summed E-state index contributed by atoms with van der Waals surface area (Å²) in [7, 11) is 0. The molecule has 0 bridgehead atoms. The van der Waals surface area contributed by atoms with E-state index in [2.05, 4.69) is 246 Å². The second kappa shape index (κ2) is 15.4. The van der Waals surface area contributed by atoms with E-state index in [4.69, 9.17) is 4.74 Å². The number of para-hydroxylation sites is 2. The van der Waals surface area contributed by atoms with E-state index in [1.165, 1.54) is 101 Å². The minimum atomic E-state index is -0.141. The number of fused-ring (bicyclic) bond motifs is 13. The number of anilines is 3. The average Bonchev–Trinajstić information content (AvgIpc) is 4.13. The molecular weight excluding hydrogens is 912 g/mol. The first kappa shape index (κ1) is 40.1. The van der Waals surface area contributed by atoms with Crippen LogP contribution in [0.3, 0.4) is 0 Å². The van der Waals surface area contributed by atoms with Crippen molar-refractivity contribution >= 4 is 125 Å². The van der Waals surface area contributed by atoms with Crippen molar-refractivity contribution in [2.45, 2.75) is 0 Å². The van der Waals surface area contributed by atoms with Gasteiger partial charge in [-0.05, 0) is 116 Å². The van der Waals surface area contributed by atoms with Gasteiger partial charge >= 0.3 is 0 Å². The van der Waals surface area contributed by atoms with Crippen LogP contribution in [0.5, 0.6) is 11.5 Å². The zero-order chi connectivity index (χ0) is 47.0. The monoisotopic (exact) mass is 950 g/mol. The molecule has 3 aromatic heterocycles. The molecule has 0 fully saturated rings. The van der Waals surface area contributed by atoms with Crippen LogP contribution in [0.4, 0.5) is 17.1 Å². The van der Waals surface area contributed by atoms with Gasteiger partial charge in [0.2, 0.25) is 0 Å². The summed E-state index contributed by atoms with van der Waals surface area (Å²) in [4.78, 5) is 2.50. The van der Waals surface area contributed by atoms with Gasteiger partial charge in [-0.3, -0.25) is 0 Å². The molecule has 16 rings (SSSR count). The van der Waals surface area contributed by atoms with Crippen LogP contribution in [0.1, 0.15) is 0 Å². The van der Waals surface area contributed by atoms with Gasteiger partial charge in [-0.15, -0.1) is 22.7 Å². The lowest BCUT2D eigenvalue weighted by atomic mass is 9.34. The van der Waals surface area contributed by atoms with Crippen LogP contribution >= 0.6 is 22.7 Å². The van der Waals surface area contributed by atoms with E-state index in [9.17, 15) is 0 Å². The van der Waals surface area contributed by atoms with Gasteiger partial charge in [-0.1, -0.05) is 164 Å². The zero-order valence-electron chi connectivity index (χ0n) is 38.7. The molecule has 0 N–H and O–H groups in total. The van der Waals surface area contributed by atoms with Gasteiger partial charge in [0.05, 0.1) is 16.7 Å². The lowest BCUT2D eigenvalue weighted by Crippen LogP contribution is -2.59. The summed E-state index contributed by atoms with van der Waals surface area (Å²) in [5, 5.41) is 7.66. The maximum Gasteiger partial charge on any atom is 0.256 e. The van der Waals surface area contributed by atoms with Crippen LogP contribution in [-0.2, 0) is 0 Å². The summed E-state index contributed by atoms with van der Waals surface area (Å²) in [5.41, 5.74) is 17.5. The fourth-order valence-electron chi connectivity index (χ4n) is 12.1. The van der Waals surface area contributed by atoms with E-state index in [0.29, 0.717) is 0 Å². The van der Waals surface area contributed by atoms with E-state index < -0.39 is 0 Å². The predicted octanol–water partition coefficient (Wildman–Crippen LogP) is 16.9. The van der Waals surface area contributed by atoms with Gasteiger partial charge in [0.1, 0.15) is 11.5 Å². The number of aromatic nitrogens is 1. The van der Waals surface area contributed by atoms with Crippen molar-refractivity contribution in [2.24, 2.45) is 0 Å². The number of benzene rings is 11. The quantitative estimate of drug-likeness (QED) is 0.160. The molecule has 0 spiro atoms. The smallest absolute Gasteiger partial charge is 0.256 e. The number of hydrogen-bond donors (Lipinski definition) is 0. The summed E-state index contributed by atoms with van der Waals surface area (Å²) in [6.07, 6.45) is 0. The number of thiophene rings is 2. The molecule has 5 heterocycles. The third-order valence-corrected chi connectivity index (χ3v) is 17.5. The SMILES string of the molecule is c1ccc(-c2ccc(N3c4ccc(-c5cccc6sc7ccccc7c56)cc4B4c5cc(-c6cccc7sc8ccccc8c67)ccc5Oc5cc(-n6c7ccccc7c7ccccc76)cc3c54)cc2)cc1. The van der Waals surface area contributed by atoms with E-state index in [-0.39, 0.29) is 6.71 Å². The lowest BCUT2D eigenvalue weighted by Gasteiger charge is -2.40. The van der Waals surface area contributed by atoms with Gasteiger partial charge in [0.15, 0.2) is 0 Å². The normalized spacial score (nSPS) is 12.8. The highest BCUT2D eigenvalue weighted by molar-refractivity contribution is 7.26. The summed E-state index contributed by atoms with van der Waals surface area (Å²) in [6.45, 7) is -0.141. The highest BCUT2D eigenvalue weighted by Crippen LogP contribution is 2.47. The molecule has 2 aliphatic heterocycles. The largest absolute Gasteiger partial charge is 0.458 e. The molecule has 0 saturated heterocycles. The van der Waals surface area contributed by atoms with Crippen LogP contribution in [0, 0.1) is 0 Å². The van der Waals surface area contributed by atoms with E-state index in [1.54, 1.807) is 0 Å². The summed E-state index contributed by atoms with van der Waals surface area (Å²) in [6, 6.07) is 87.5. The van der Waals surface area contributed by atoms with E-state index in [1.807, 2.05) is 22.7 Å². The third kappa shape index (κ3) is 5.85. The van der Waals surface area contributed by atoms with Gasteiger partial charge in [-0.25, -0.2) is 0 Å². The van der Waals surface area contributed by atoms with Crippen LogP contribution in [0.2, 0.25) is 0 Å². The molecule has 334 valence electrons. The van der Waals surface area contributed by atoms with Gasteiger partial charge < -0.3 is 14.2 Å². The van der Waals surface area contributed by atoms with Gasteiger partial charge in [0, 0.05) is 74.2 Å². The Morgan fingerprint density at radius 2 is 0.875 bits per heavy atom. The molecule has 14 aromatic rings. The first-order valence-electron chi connectivity index (χ1n) is 24.6. The van der Waals surface area contributed by atoms with Crippen molar-refractivity contribution in [3.8, 4) is 50.6 Å². The molecule has 72 heavy (non-hydrogen) atoms. The summed E-state index contributed by atoms with van der Waals surface area (Å²) in [5.74, 6) is 1.75. The Hall–Kier alpha value is -8.68. The molecule has 0 aliphatic carbocycles. The van der Waals surface area contributed by atoms with Gasteiger partial charge in [-0.2, -0.15) is 0 Å². The number of rotatable bonds is 5. The number of hydrogen-bond acceptors (Lipinski definition) is 4. The Morgan fingerprint density at radius 3 is 1.53 bits per heavy atom. The highest BCUT2D eigenvalue weighted by atomic mass is 32.1. The Bertz CT molecular complexity index is 4510. The maximum atomic E-state index is 7.37. The van der Waals surface area contributed by atoms with Gasteiger partial charge in [0.25, 0.3) is 6.71 Å². The van der Waals surface area contributed by atoms with Crippen molar-refractivity contribution in [2.75, 3.05) is 4.90 Å². The topological polar surface area (TPSA) is 17.4 Å². The minimum Gasteiger partial charge on any atom is -0.458 e. The first-order valence-corrected chi connectivity index (χ1v) is 26.2. The summed E-state index contributed by atoms with van der Waals surface area (Å²) >= 11 is 3.74. The summed E-state index contributed by atoms with van der Waals surface area (Å²) < 4.78 is 15.0. The standard InChI is InChI=1S/C66H39BN2OS2/c1-2-14-40(15-3-1)41-28-32-44(33-29-41)68-56-34-30-42(46-20-12-26-62-64(46)50-18-6-10-24-60(50)71-62)36-52(56)67-53-37-43(47-21-13-27-63-65(47)51-19-7-11-25-61(51)72-63)31-35-58(53)70-59-39-45(38-57(68)66(59)67)69-54-22-8-4-16-48(54)49-17-5-9-23-55(49)69/h1-39H. The van der Waals surface area contributed by atoms with Crippen molar-refractivity contribution in [3.63, 3.8) is 0 Å². The van der Waals surface area contributed by atoms with Crippen LogP contribution in [0.15, 0.2) is 237 Å². The molecule has 2 aliphatic rings. The Morgan fingerprint density at radius 1 is 0.347 bits per heavy atom. The highest BCUT2D eigenvalue weighted by Gasteiger charge is 2.43. The van der Waals surface area contributed by atoms with Crippen molar-refractivity contribution in [3.05, 3.63) is 237 Å². The average molecular weight is 951 g/mol. The first-order chi connectivity index (χ1) is 35.7. The molecule has 6 heteroatoms.